The Labute approximate surface area is 233 Å². The van der Waals surface area contributed by atoms with Gasteiger partial charge in [-0.3, -0.25) is 19.2 Å². The predicted molar refractivity (Wildman–Crippen MR) is 139 cm³/mol. The SMILES string of the molecule is CC(=O)OCC1O[C@H](C)C(NCC(=O)c2ccccc2)[C@@H](C)[C@@H]1OC1O[C@@H](COC=O)[C@@H](O)C(C)[C@@H]1OC(C)=O. The fourth-order valence-electron chi connectivity index (χ4n) is 5.24. The minimum absolute atomic E-state index is 0.0540. The van der Waals surface area contributed by atoms with Crippen LogP contribution in [0.4, 0.5) is 0 Å². The van der Waals surface area contributed by atoms with Crippen molar-refractivity contribution in [2.75, 3.05) is 19.8 Å². The van der Waals surface area contributed by atoms with E-state index in [0.717, 1.165) is 0 Å². The average Bonchev–Trinajstić information content (AvgIpc) is 2.92. The topological polar surface area (TPSA) is 156 Å². The minimum atomic E-state index is -1.17. The molecule has 2 N–H and O–H groups in total. The van der Waals surface area contributed by atoms with Gasteiger partial charge in [-0.1, -0.05) is 44.2 Å². The molecule has 0 amide bonds. The summed E-state index contributed by atoms with van der Waals surface area (Å²) in [7, 11) is 0. The Morgan fingerprint density at radius 2 is 1.65 bits per heavy atom. The quantitative estimate of drug-likeness (QED) is 0.161. The van der Waals surface area contributed by atoms with Gasteiger partial charge < -0.3 is 38.8 Å². The van der Waals surface area contributed by atoms with Crippen molar-refractivity contribution in [3.63, 3.8) is 0 Å². The normalized spacial score (nSPS) is 34.0. The van der Waals surface area contributed by atoms with Crippen LogP contribution in [0.25, 0.3) is 0 Å². The zero-order valence-electron chi connectivity index (χ0n) is 23.4. The first kappa shape index (κ1) is 31.6. The number of Topliss-reactive ketones (excluding diaryl/α,β-unsaturated/α-hetero) is 1. The molecule has 0 bridgehead atoms. The second-order valence-corrected chi connectivity index (χ2v) is 10.2. The van der Waals surface area contributed by atoms with Crippen LogP contribution in [0.3, 0.4) is 0 Å². The van der Waals surface area contributed by atoms with E-state index in [-0.39, 0.29) is 50.1 Å². The Kier molecular flexibility index (Phi) is 11.6. The summed E-state index contributed by atoms with van der Waals surface area (Å²) < 4.78 is 34.1. The third-order valence-corrected chi connectivity index (χ3v) is 7.33. The summed E-state index contributed by atoms with van der Waals surface area (Å²) in [5.74, 6) is -2.12. The zero-order chi connectivity index (χ0) is 29.4. The molecule has 3 rings (SSSR count). The molecule has 0 aromatic heterocycles. The molecule has 4 unspecified atom stereocenters. The van der Waals surface area contributed by atoms with E-state index < -0.39 is 54.7 Å². The molecule has 0 radical (unpaired) electrons. The molecule has 1 aromatic carbocycles. The van der Waals surface area contributed by atoms with Gasteiger partial charge in [0, 0.05) is 37.3 Å². The van der Waals surface area contributed by atoms with Crippen molar-refractivity contribution in [3.8, 4) is 0 Å². The molecule has 0 aliphatic carbocycles. The highest BCUT2D eigenvalue weighted by Gasteiger charge is 2.50. The predicted octanol–water partition coefficient (Wildman–Crippen LogP) is 1.03. The van der Waals surface area contributed by atoms with Crippen molar-refractivity contribution in [2.24, 2.45) is 11.8 Å². The molecule has 1 aromatic rings. The van der Waals surface area contributed by atoms with E-state index in [0.29, 0.717) is 5.56 Å². The van der Waals surface area contributed by atoms with Crippen LogP contribution >= 0.6 is 0 Å². The van der Waals surface area contributed by atoms with Crippen LogP contribution < -0.4 is 5.32 Å². The van der Waals surface area contributed by atoms with Gasteiger partial charge >= 0.3 is 11.9 Å². The number of ketones is 1. The van der Waals surface area contributed by atoms with Gasteiger partial charge in [-0.25, -0.2) is 0 Å². The second-order valence-electron chi connectivity index (χ2n) is 10.2. The van der Waals surface area contributed by atoms with Crippen molar-refractivity contribution >= 4 is 24.2 Å². The smallest absolute Gasteiger partial charge is 0.303 e. The maximum absolute atomic E-state index is 12.8. The molecule has 2 fully saturated rings. The Bertz CT molecular complexity index is 1010. The summed E-state index contributed by atoms with van der Waals surface area (Å²) in [5.41, 5.74) is 0.573. The lowest BCUT2D eigenvalue weighted by Crippen LogP contribution is -2.63. The fraction of sp³-hybridized carbons (Fsp3) is 0.643. The monoisotopic (exact) mass is 565 g/mol. The van der Waals surface area contributed by atoms with Gasteiger partial charge in [0.05, 0.1) is 24.9 Å². The van der Waals surface area contributed by atoms with E-state index in [4.69, 9.17) is 28.4 Å². The van der Waals surface area contributed by atoms with Gasteiger partial charge in [0.15, 0.2) is 18.2 Å². The van der Waals surface area contributed by atoms with Gasteiger partial charge in [-0.15, -0.1) is 0 Å². The van der Waals surface area contributed by atoms with Gasteiger partial charge in [0.2, 0.25) is 0 Å². The van der Waals surface area contributed by atoms with Crippen LogP contribution in [0, 0.1) is 11.8 Å². The molecular weight excluding hydrogens is 526 g/mol. The number of esters is 2. The van der Waals surface area contributed by atoms with Crippen LogP contribution in [0.2, 0.25) is 0 Å². The lowest BCUT2D eigenvalue weighted by atomic mass is 9.85. The van der Waals surface area contributed by atoms with E-state index in [1.807, 2.05) is 19.9 Å². The second kappa shape index (κ2) is 14.6. The van der Waals surface area contributed by atoms with E-state index in [1.54, 1.807) is 31.2 Å². The van der Waals surface area contributed by atoms with Crippen molar-refractivity contribution in [1.82, 2.24) is 5.32 Å². The summed E-state index contributed by atoms with van der Waals surface area (Å²) >= 11 is 0. The molecule has 12 heteroatoms. The van der Waals surface area contributed by atoms with Gasteiger partial charge in [-0.05, 0) is 6.92 Å². The van der Waals surface area contributed by atoms with E-state index in [9.17, 15) is 24.3 Å². The lowest BCUT2D eigenvalue weighted by Gasteiger charge is -2.48. The third kappa shape index (κ3) is 8.07. The molecule has 2 aliphatic rings. The van der Waals surface area contributed by atoms with Gasteiger partial charge in [0.1, 0.15) is 25.4 Å². The zero-order valence-corrected chi connectivity index (χ0v) is 23.4. The van der Waals surface area contributed by atoms with Crippen molar-refractivity contribution in [2.45, 2.75) is 83.6 Å². The molecule has 222 valence electrons. The molecule has 12 nitrogen and oxygen atoms in total. The largest absolute Gasteiger partial charge is 0.465 e. The Morgan fingerprint density at radius 1 is 0.950 bits per heavy atom. The number of nitrogens with one attached hydrogen (secondary N) is 1. The molecule has 40 heavy (non-hydrogen) atoms. The highest BCUT2D eigenvalue weighted by atomic mass is 16.7. The van der Waals surface area contributed by atoms with Crippen molar-refractivity contribution in [3.05, 3.63) is 35.9 Å². The van der Waals surface area contributed by atoms with Crippen molar-refractivity contribution < 1.29 is 52.7 Å². The molecule has 0 saturated carbocycles. The summed E-state index contributed by atoms with van der Waals surface area (Å²) in [6.45, 7) is 7.90. The Balaban J connectivity index is 1.83. The first-order valence-electron chi connectivity index (χ1n) is 13.3. The number of hydrogen-bond donors (Lipinski definition) is 2. The standard InChI is InChI=1S/C28H39NO11/c1-15-24(29-11-21(33)20-9-7-6-8-10-20)17(3)37-23(13-36-18(4)31)26(15)40-28-27(38-19(5)32)16(2)25(34)22(39-28)12-35-14-30/h6-10,14-17,22-29,34H,11-13H2,1-5H3/t15-,16?,17-,22+,23?,24?,25+,26+,27+,28?/m1/s1. The highest BCUT2D eigenvalue weighted by molar-refractivity contribution is 5.97. The minimum Gasteiger partial charge on any atom is -0.465 e. The first-order valence-corrected chi connectivity index (χ1v) is 13.3. The number of aliphatic hydroxyl groups excluding tert-OH is 1. The molecule has 2 saturated heterocycles. The summed E-state index contributed by atoms with van der Waals surface area (Å²) in [4.78, 5) is 47.0. The molecule has 10 atom stereocenters. The average molecular weight is 566 g/mol. The maximum Gasteiger partial charge on any atom is 0.303 e. The van der Waals surface area contributed by atoms with E-state index in [1.165, 1.54) is 13.8 Å². The third-order valence-electron chi connectivity index (χ3n) is 7.33. The fourth-order valence-corrected chi connectivity index (χ4v) is 5.24. The molecule has 2 aliphatic heterocycles. The van der Waals surface area contributed by atoms with Crippen molar-refractivity contribution in [1.29, 1.82) is 0 Å². The van der Waals surface area contributed by atoms with E-state index in [2.05, 4.69) is 5.32 Å². The number of rotatable bonds is 12. The van der Waals surface area contributed by atoms with Gasteiger partial charge in [-0.2, -0.15) is 0 Å². The highest BCUT2D eigenvalue weighted by Crippen LogP contribution is 2.35. The number of carbonyl (C=O) groups excluding carboxylic acids is 4. The van der Waals surface area contributed by atoms with Crippen LogP contribution in [-0.4, -0.2) is 98.0 Å². The summed E-state index contributed by atoms with van der Waals surface area (Å²) in [5, 5.41) is 14.0. The van der Waals surface area contributed by atoms with Crippen LogP contribution in [0.15, 0.2) is 30.3 Å². The number of benzene rings is 1. The summed E-state index contributed by atoms with van der Waals surface area (Å²) in [6, 6.07) is 8.55. The number of carbonyl (C=O) groups is 4. The van der Waals surface area contributed by atoms with Crippen LogP contribution in [-0.2, 0) is 42.8 Å². The number of aliphatic hydroxyl groups is 1. The van der Waals surface area contributed by atoms with Crippen LogP contribution in [0.1, 0.15) is 45.0 Å². The van der Waals surface area contributed by atoms with Gasteiger partial charge in [0.25, 0.3) is 6.47 Å². The van der Waals surface area contributed by atoms with Crippen LogP contribution in [0.5, 0.6) is 0 Å². The van der Waals surface area contributed by atoms with E-state index >= 15 is 0 Å². The molecule has 2 heterocycles. The number of hydrogen-bond acceptors (Lipinski definition) is 12. The summed E-state index contributed by atoms with van der Waals surface area (Å²) in [6.07, 6.45) is -6.07. The maximum atomic E-state index is 12.8. The molecule has 0 spiro atoms. The lowest BCUT2D eigenvalue weighted by molar-refractivity contribution is -0.324. The Hall–Kier alpha value is -2.90. The Morgan fingerprint density at radius 3 is 2.27 bits per heavy atom. The number of ether oxygens (including phenoxy) is 6. The molecular formula is C28H39NO11. The first-order chi connectivity index (χ1) is 19.0.